The molecule has 1 N–H and O–H groups in total. The first-order valence-electron chi connectivity index (χ1n) is 6.70. The lowest BCUT2D eigenvalue weighted by atomic mass is 10.2. The Bertz CT molecular complexity index is 458. The fourth-order valence-electron chi connectivity index (χ4n) is 2.35. The van der Waals surface area contributed by atoms with E-state index in [1.807, 2.05) is 38.3 Å². The number of hydrogen-bond acceptors (Lipinski definition) is 4. The minimum Gasteiger partial charge on any atom is -0.298 e. The topological polar surface area (TPSA) is 49.4 Å². The van der Waals surface area contributed by atoms with Gasteiger partial charge in [-0.05, 0) is 31.7 Å². The zero-order valence-electron chi connectivity index (χ0n) is 11.6. The monoisotopic (exact) mass is 280 g/mol. The predicted molar refractivity (Wildman–Crippen MR) is 75.9 cm³/mol. The summed E-state index contributed by atoms with van der Waals surface area (Å²) in [4.78, 5) is 26.8. The van der Waals surface area contributed by atoms with Gasteiger partial charge in [-0.1, -0.05) is 13.0 Å². The summed E-state index contributed by atoms with van der Waals surface area (Å²) in [5, 5.41) is 5.28. The van der Waals surface area contributed by atoms with Crippen molar-refractivity contribution in [3.8, 4) is 0 Å². The fraction of sp³-hybridized carbons (Fsp3) is 0.571. The number of nitrogens with zero attached hydrogens (tertiary/aromatic N) is 1. The van der Waals surface area contributed by atoms with Gasteiger partial charge in [0.1, 0.15) is 0 Å². The van der Waals surface area contributed by atoms with Gasteiger partial charge in [-0.3, -0.25) is 19.8 Å². The van der Waals surface area contributed by atoms with Gasteiger partial charge in [-0.15, -0.1) is 11.3 Å². The van der Waals surface area contributed by atoms with Crippen LogP contribution in [0.15, 0.2) is 17.5 Å². The van der Waals surface area contributed by atoms with Crippen molar-refractivity contribution >= 4 is 23.2 Å². The van der Waals surface area contributed by atoms with Gasteiger partial charge in [-0.2, -0.15) is 0 Å². The molecule has 3 unspecified atom stereocenters. The fourth-order valence-corrected chi connectivity index (χ4v) is 3.09. The SMILES string of the molecule is CCC(C)N1C(=O)CC(NC(C)c2cccs2)C1=O. The molecule has 0 bridgehead atoms. The zero-order chi connectivity index (χ0) is 14.0. The second-order valence-corrected chi connectivity index (χ2v) is 6.00. The third-order valence-electron chi connectivity index (χ3n) is 3.64. The van der Waals surface area contributed by atoms with E-state index < -0.39 is 0 Å². The van der Waals surface area contributed by atoms with Gasteiger partial charge in [0.15, 0.2) is 0 Å². The summed E-state index contributed by atoms with van der Waals surface area (Å²) in [6.45, 7) is 5.93. The van der Waals surface area contributed by atoms with Crippen LogP contribution in [0.5, 0.6) is 0 Å². The van der Waals surface area contributed by atoms with Crippen molar-refractivity contribution in [1.82, 2.24) is 10.2 Å². The van der Waals surface area contributed by atoms with Gasteiger partial charge in [0.25, 0.3) is 0 Å². The number of carbonyl (C=O) groups excluding carboxylic acids is 2. The van der Waals surface area contributed by atoms with Crippen LogP contribution < -0.4 is 5.32 Å². The van der Waals surface area contributed by atoms with Gasteiger partial charge in [0, 0.05) is 17.0 Å². The second kappa shape index (κ2) is 5.84. The molecule has 19 heavy (non-hydrogen) atoms. The molecule has 1 fully saturated rings. The van der Waals surface area contributed by atoms with Crippen LogP contribution in [0, 0.1) is 0 Å². The van der Waals surface area contributed by atoms with E-state index in [9.17, 15) is 9.59 Å². The molecule has 2 amide bonds. The Labute approximate surface area is 117 Å². The summed E-state index contributed by atoms with van der Waals surface area (Å²) in [5.74, 6) is -0.141. The number of thiophene rings is 1. The lowest BCUT2D eigenvalue weighted by Crippen LogP contribution is -2.43. The van der Waals surface area contributed by atoms with Crippen LogP contribution in [-0.2, 0) is 9.59 Å². The summed E-state index contributed by atoms with van der Waals surface area (Å²) in [7, 11) is 0. The van der Waals surface area contributed by atoms with Gasteiger partial charge in [0.2, 0.25) is 11.8 Å². The molecule has 2 rings (SSSR count). The highest BCUT2D eigenvalue weighted by molar-refractivity contribution is 7.10. The Morgan fingerprint density at radius 1 is 1.47 bits per heavy atom. The Kier molecular flexibility index (Phi) is 4.37. The summed E-state index contributed by atoms with van der Waals surface area (Å²) < 4.78 is 0. The van der Waals surface area contributed by atoms with E-state index >= 15 is 0 Å². The van der Waals surface area contributed by atoms with Crippen LogP contribution >= 0.6 is 11.3 Å². The molecule has 1 aromatic heterocycles. The van der Waals surface area contributed by atoms with E-state index in [4.69, 9.17) is 0 Å². The number of hydrogen-bond donors (Lipinski definition) is 1. The lowest BCUT2D eigenvalue weighted by Gasteiger charge is -2.22. The van der Waals surface area contributed by atoms with Crippen molar-refractivity contribution in [3.63, 3.8) is 0 Å². The minimum atomic E-state index is -0.376. The Morgan fingerprint density at radius 2 is 2.21 bits per heavy atom. The Balaban J connectivity index is 2.03. The molecule has 2 heterocycles. The average molecular weight is 280 g/mol. The van der Waals surface area contributed by atoms with E-state index in [0.29, 0.717) is 0 Å². The molecule has 4 nitrogen and oxygen atoms in total. The molecule has 0 radical (unpaired) electrons. The molecule has 104 valence electrons. The van der Waals surface area contributed by atoms with Crippen LogP contribution in [-0.4, -0.2) is 28.8 Å². The Morgan fingerprint density at radius 3 is 2.79 bits per heavy atom. The van der Waals surface area contributed by atoms with Crippen LogP contribution in [0.1, 0.15) is 44.5 Å². The smallest absolute Gasteiger partial charge is 0.247 e. The van der Waals surface area contributed by atoms with Crippen LogP contribution in [0.2, 0.25) is 0 Å². The first kappa shape index (κ1) is 14.2. The lowest BCUT2D eigenvalue weighted by molar-refractivity contribution is -0.141. The van der Waals surface area contributed by atoms with Crippen LogP contribution in [0.4, 0.5) is 0 Å². The summed E-state index contributed by atoms with van der Waals surface area (Å²) >= 11 is 1.66. The molecule has 1 aromatic rings. The third-order valence-corrected chi connectivity index (χ3v) is 4.69. The van der Waals surface area contributed by atoms with Gasteiger partial charge in [-0.25, -0.2) is 0 Å². The first-order valence-corrected chi connectivity index (χ1v) is 7.58. The number of rotatable bonds is 5. The van der Waals surface area contributed by atoms with Crippen LogP contribution in [0.3, 0.4) is 0 Å². The van der Waals surface area contributed by atoms with Gasteiger partial charge in [0.05, 0.1) is 12.5 Å². The van der Waals surface area contributed by atoms with E-state index in [0.717, 1.165) is 6.42 Å². The maximum absolute atomic E-state index is 12.3. The molecule has 1 aliphatic heterocycles. The van der Waals surface area contributed by atoms with E-state index in [1.165, 1.54) is 9.78 Å². The molecule has 1 saturated heterocycles. The van der Waals surface area contributed by atoms with Crippen molar-refractivity contribution < 1.29 is 9.59 Å². The number of likely N-dealkylation sites (tertiary alicyclic amines) is 1. The highest BCUT2D eigenvalue weighted by atomic mass is 32.1. The maximum atomic E-state index is 12.3. The van der Waals surface area contributed by atoms with Crippen molar-refractivity contribution in [1.29, 1.82) is 0 Å². The van der Waals surface area contributed by atoms with Gasteiger partial charge >= 0.3 is 0 Å². The molecule has 5 heteroatoms. The average Bonchev–Trinajstić information content (AvgIpc) is 2.98. The normalized spacial score (nSPS) is 22.9. The second-order valence-electron chi connectivity index (χ2n) is 5.02. The standard InChI is InChI=1S/C14H20N2O2S/c1-4-9(2)16-13(17)8-11(14(16)18)15-10(3)12-6-5-7-19-12/h5-7,9-11,15H,4,8H2,1-3H3. The van der Waals surface area contributed by atoms with Crippen molar-refractivity contribution in [2.75, 3.05) is 0 Å². The molecule has 0 saturated carbocycles. The number of carbonyl (C=O) groups is 2. The van der Waals surface area contributed by atoms with E-state index in [2.05, 4.69) is 5.32 Å². The first-order chi connectivity index (χ1) is 9.04. The van der Waals surface area contributed by atoms with Crippen molar-refractivity contribution in [2.45, 2.75) is 51.7 Å². The molecule has 3 atom stereocenters. The molecular weight excluding hydrogens is 260 g/mol. The predicted octanol–water partition coefficient (Wildman–Crippen LogP) is 2.32. The number of nitrogens with one attached hydrogen (secondary N) is 1. The molecule has 1 aliphatic rings. The number of imide groups is 1. The quantitative estimate of drug-likeness (QED) is 0.842. The zero-order valence-corrected chi connectivity index (χ0v) is 12.4. The summed E-state index contributed by atoms with van der Waals surface area (Å²) in [6.07, 6.45) is 1.07. The molecule has 0 spiro atoms. The molecule has 0 aromatic carbocycles. The summed E-state index contributed by atoms with van der Waals surface area (Å²) in [6, 6.07) is 3.74. The molecular formula is C14H20N2O2S. The van der Waals surface area contributed by atoms with E-state index in [-0.39, 0.29) is 36.4 Å². The van der Waals surface area contributed by atoms with Gasteiger partial charge < -0.3 is 0 Å². The highest BCUT2D eigenvalue weighted by Gasteiger charge is 2.40. The van der Waals surface area contributed by atoms with Crippen molar-refractivity contribution in [3.05, 3.63) is 22.4 Å². The van der Waals surface area contributed by atoms with Crippen LogP contribution in [0.25, 0.3) is 0 Å². The van der Waals surface area contributed by atoms with E-state index in [1.54, 1.807) is 11.3 Å². The molecule has 0 aliphatic carbocycles. The highest BCUT2D eigenvalue weighted by Crippen LogP contribution is 2.23. The number of amides is 2. The minimum absolute atomic E-state index is 0.0103. The maximum Gasteiger partial charge on any atom is 0.247 e. The van der Waals surface area contributed by atoms with Crippen molar-refractivity contribution in [2.24, 2.45) is 0 Å². The summed E-state index contributed by atoms with van der Waals surface area (Å²) in [5.41, 5.74) is 0. The largest absolute Gasteiger partial charge is 0.298 e. The third kappa shape index (κ3) is 2.87. The Hall–Kier alpha value is -1.20.